The van der Waals surface area contributed by atoms with Gasteiger partial charge in [-0.3, -0.25) is 0 Å². The molecule has 1 aromatic heterocycles. The highest BCUT2D eigenvalue weighted by Gasteiger charge is 2.09. The number of aromatic nitrogens is 3. The standard InChI is InChI=1S/C13H17N3O2/c1-9-5-4-6-11(7-17)13(9)18-8-12-15-14-10(2)16(12)3/h4-6,17H,7-8H2,1-3H3. The maximum absolute atomic E-state index is 9.29. The third-order valence-electron chi connectivity index (χ3n) is 2.99. The average molecular weight is 247 g/mol. The Morgan fingerprint density at radius 1 is 1.28 bits per heavy atom. The van der Waals surface area contributed by atoms with Gasteiger partial charge in [-0.15, -0.1) is 10.2 Å². The number of rotatable bonds is 4. The number of hydrogen-bond donors (Lipinski definition) is 1. The molecular weight excluding hydrogens is 230 g/mol. The Kier molecular flexibility index (Phi) is 3.62. The summed E-state index contributed by atoms with van der Waals surface area (Å²) >= 11 is 0. The second kappa shape index (κ2) is 5.18. The predicted molar refractivity (Wildman–Crippen MR) is 67.2 cm³/mol. The van der Waals surface area contributed by atoms with Gasteiger partial charge in [-0.2, -0.15) is 0 Å². The van der Waals surface area contributed by atoms with E-state index in [1.165, 1.54) is 0 Å². The van der Waals surface area contributed by atoms with Crippen LogP contribution in [-0.4, -0.2) is 19.9 Å². The van der Waals surface area contributed by atoms with E-state index in [2.05, 4.69) is 10.2 Å². The number of aliphatic hydroxyl groups excluding tert-OH is 1. The molecule has 5 heteroatoms. The number of aliphatic hydroxyl groups is 1. The molecule has 2 rings (SSSR count). The summed E-state index contributed by atoms with van der Waals surface area (Å²) in [6.07, 6.45) is 0. The van der Waals surface area contributed by atoms with Crippen molar-refractivity contribution in [3.05, 3.63) is 41.0 Å². The molecule has 0 unspecified atom stereocenters. The molecule has 0 aliphatic heterocycles. The average Bonchev–Trinajstić information content (AvgIpc) is 2.68. The third kappa shape index (κ3) is 2.36. The van der Waals surface area contributed by atoms with Gasteiger partial charge in [0.25, 0.3) is 0 Å². The van der Waals surface area contributed by atoms with E-state index in [1.54, 1.807) is 0 Å². The van der Waals surface area contributed by atoms with E-state index in [1.807, 2.05) is 43.7 Å². The molecule has 1 heterocycles. The molecule has 0 bridgehead atoms. The van der Waals surface area contributed by atoms with Crippen LogP contribution < -0.4 is 4.74 Å². The highest BCUT2D eigenvalue weighted by molar-refractivity contribution is 5.40. The van der Waals surface area contributed by atoms with E-state index in [9.17, 15) is 5.11 Å². The van der Waals surface area contributed by atoms with E-state index >= 15 is 0 Å². The summed E-state index contributed by atoms with van der Waals surface area (Å²) in [5, 5.41) is 17.3. The van der Waals surface area contributed by atoms with Gasteiger partial charge in [0, 0.05) is 12.6 Å². The summed E-state index contributed by atoms with van der Waals surface area (Å²) in [4.78, 5) is 0. The summed E-state index contributed by atoms with van der Waals surface area (Å²) in [5.41, 5.74) is 1.79. The fraction of sp³-hybridized carbons (Fsp3) is 0.385. The molecule has 0 radical (unpaired) electrons. The Hall–Kier alpha value is -1.88. The second-order valence-corrected chi connectivity index (χ2v) is 4.23. The molecule has 0 aliphatic rings. The van der Waals surface area contributed by atoms with E-state index in [0.29, 0.717) is 6.61 Å². The summed E-state index contributed by atoms with van der Waals surface area (Å²) in [7, 11) is 1.90. The van der Waals surface area contributed by atoms with Crippen LogP contribution in [0.15, 0.2) is 18.2 Å². The Morgan fingerprint density at radius 2 is 2.06 bits per heavy atom. The van der Waals surface area contributed by atoms with Crippen LogP contribution in [0.4, 0.5) is 0 Å². The van der Waals surface area contributed by atoms with Gasteiger partial charge in [-0.05, 0) is 19.4 Å². The first-order valence-corrected chi connectivity index (χ1v) is 5.80. The van der Waals surface area contributed by atoms with E-state index < -0.39 is 0 Å². The highest BCUT2D eigenvalue weighted by Crippen LogP contribution is 2.24. The number of hydrogen-bond acceptors (Lipinski definition) is 4. The normalized spacial score (nSPS) is 10.7. The number of aryl methyl sites for hydroxylation is 2. The Bertz CT molecular complexity index is 549. The van der Waals surface area contributed by atoms with Crippen molar-refractivity contribution in [1.82, 2.24) is 14.8 Å². The Labute approximate surface area is 106 Å². The zero-order valence-corrected chi connectivity index (χ0v) is 10.8. The van der Waals surface area contributed by atoms with Crippen molar-refractivity contribution in [3.8, 4) is 5.75 Å². The van der Waals surface area contributed by atoms with Crippen molar-refractivity contribution in [2.45, 2.75) is 27.1 Å². The molecule has 0 saturated heterocycles. The fourth-order valence-electron chi connectivity index (χ4n) is 1.76. The van der Waals surface area contributed by atoms with Crippen LogP contribution in [0.2, 0.25) is 0 Å². The summed E-state index contributed by atoms with van der Waals surface area (Å²) in [6.45, 7) is 4.16. The van der Waals surface area contributed by atoms with Crippen molar-refractivity contribution >= 4 is 0 Å². The number of ether oxygens (including phenoxy) is 1. The van der Waals surface area contributed by atoms with Gasteiger partial charge in [0.15, 0.2) is 5.82 Å². The minimum atomic E-state index is -0.0329. The van der Waals surface area contributed by atoms with Crippen molar-refractivity contribution in [2.75, 3.05) is 0 Å². The van der Waals surface area contributed by atoms with Crippen LogP contribution in [0.5, 0.6) is 5.75 Å². The smallest absolute Gasteiger partial charge is 0.170 e. The zero-order chi connectivity index (χ0) is 13.1. The van der Waals surface area contributed by atoms with Crippen LogP contribution in [-0.2, 0) is 20.3 Å². The van der Waals surface area contributed by atoms with Gasteiger partial charge in [-0.25, -0.2) is 0 Å². The molecule has 0 amide bonds. The summed E-state index contributed by atoms with van der Waals surface area (Å²) in [6, 6.07) is 5.71. The summed E-state index contributed by atoms with van der Waals surface area (Å²) < 4.78 is 7.64. The number of benzene rings is 1. The van der Waals surface area contributed by atoms with E-state index in [4.69, 9.17) is 4.74 Å². The minimum Gasteiger partial charge on any atom is -0.485 e. The monoisotopic (exact) mass is 247 g/mol. The summed E-state index contributed by atoms with van der Waals surface area (Å²) in [5.74, 6) is 2.33. The predicted octanol–water partition coefficient (Wildman–Crippen LogP) is 1.50. The number of para-hydroxylation sites is 1. The van der Waals surface area contributed by atoms with Crippen molar-refractivity contribution in [3.63, 3.8) is 0 Å². The number of nitrogens with zero attached hydrogens (tertiary/aromatic N) is 3. The fourth-order valence-corrected chi connectivity index (χ4v) is 1.76. The molecule has 1 aromatic carbocycles. The van der Waals surface area contributed by atoms with Gasteiger partial charge in [0.05, 0.1) is 6.61 Å². The van der Waals surface area contributed by atoms with Gasteiger partial charge in [0.1, 0.15) is 18.2 Å². The molecule has 0 spiro atoms. The lowest BCUT2D eigenvalue weighted by Gasteiger charge is -2.12. The quantitative estimate of drug-likeness (QED) is 0.889. The first-order valence-electron chi connectivity index (χ1n) is 5.80. The first kappa shape index (κ1) is 12.6. The third-order valence-corrected chi connectivity index (χ3v) is 2.99. The van der Waals surface area contributed by atoms with Crippen LogP contribution in [0.1, 0.15) is 22.8 Å². The lowest BCUT2D eigenvalue weighted by Crippen LogP contribution is -2.06. The molecule has 0 saturated carbocycles. The maximum Gasteiger partial charge on any atom is 0.170 e. The van der Waals surface area contributed by atoms with Crippen molar-refractivity contribution in [1.29, 1.82) is 0 Å². The molecule has 18 heavy (non-hydrogen) atoms. The SMILES string of the molecule is Cc1cccc(CO)c1OCc1nnc(C)n1C. The Balaban J connectivity index is 2.18. The molecule has 0 fully saturated rings. The molecule has 0 aliphatic carbocycles. The second-order valence-electron chi connectivity index (χ2n) is 4.23. The van der Waals surface area contributed by atoms with E-state index in [0.717, 1.165) is 28.5 Å². The minimum absolute atomic E-state index is 0.0329. The van der Waals surface area contributed by atoms with Crippen LogP contribution in [0.25, 0.3) is 0 Å². The largest absolute Gasteiger partial charge is 0.485 e. The lowest BCUT2D eigenvalue weighted by atomic mass is 10.1. The molecule has 2 aromatic rings. The first-order chi connectivity index (χ1) is 8.63. The maximum atomic E-state index is 9.29. The Morgan fingerprint density at radius 3 is 2.67 bits per heavy atom. The molecule has 5 nitrogen and oxygen atoms in total. The van der Waals surface area contributed by atoms with Crippen molar-refractivity contribution < 1.29 is 9.84 Å². The lowest BCUT2D eigenvalue weighted by molar-refractivity contribution is 0.253. The highest BCUT2D eigenvalue weighted by atomic mass is 16.5. The molecule has 0 atom stereocenters. The van der Waals surface area contributed by atoms with Gasteiger partial charge < -0.3 is 14.4 Å². The van der Waals surface area contributed by atoms with Crippen LogP contribution >= 0.6 is 0 Å². The zero-order valence-electron chi connectivity index (χ0n) is 10.8. The molecular formula is C13H17N3O2. The van der Waals surface area contributed by atoms with Crippen LogP contribution in [0.3, 0.4) is 0 Å². The topological polar surface area (TPSA) is 60.2 Å². The van der Waals surface area contributed by atoms with Gasteiger partial charge in [-0.1, -0.05) is 18.2 Å². The van der Waals surface area contributed by atoms with Crippen molar-refractivity contribution in [2.24, 2.45) is 7.05 Å². The van der Waals surface area contributed by atoms with Gasteiger partial charge in [0.2, 0.25) is 0 Å². The van der Waals surface area contributed by atoms with Gasteiger partial charge >= 0.3 is 0 Å². The van der Waals surface area contributed by atoms with Crippen LogP contribution in [0, 0.1) is 13.8 Å². The molecule has 1 N–H and O–H groups in total. The molecule has 96 valence electrons. The van der Waals surface area contributed by atoms with E-state index in [-0.39, 0.29) is 6.61 Å².